The zero-order chi connectivity index (χ0) is 13.3. The lowest BCUT2D eigenvalue weighted by Crippen LogP contribution is -2.40. The molecule has 3 heteroatoms. The van der Waals surface area contributed by atoms with Crippen LogP contribution in [0.1, 0.15) is 36.8 Å². The second-order valence-corrected chi connectivity index (χ2v) is 5.86. The van der Waals surface area contributed by atoms with Gasteiger partial charge in [-0.05, 0) is 25.0 Å². The Morgan fingerprint density at radius 1 is 0.842 bits per heavy atom. The van der Waals surface area contributed by atoms with Gasteiger partial charge in [-0.15, -0.1) is 0 Å². The Morgan fingerprint density at radius 2 is 1.26 bits per heavy atom. The molecule has 2 amide bonds. The van der Waals surface area contributed by atoms with Crippen LogP contribution in [0.25, 0.3) is 0 Å². The Morgan fingerprint density at radius 3 is 1.68 bits per heavy atom. The first-order chi connectivity index (χ1) is 9.11. The van der Waals surface area contributed by atoms with E-state index in [9.17, 15) is 9.59 Å². The number of rotatable bonds is 0. The second kappa shape index (κ2) is 3.35. The molecule has 3 nitrogen and oxygen atoms in total. The van der Waals surface area contributed by atoms with Crippen molar-refractivity contribution < 1.29 is 9.59 Å². The summed E-state index contributed by atoms with van der Waals surface area (Å²) < 4.78 is 0. The Balaban J connectivity index is 2.03. The van der Waals surface area contributed by atoms with Gasteiger partial charge >= 0.3 is 0 Å². The number of hydrogen-bond acceptors (Lipinski definition) is 2. The Bertz CT molecular complexity index is 603. The molecule has 1 fully saturated rings. The number of carbonyl (C=O) groups is 2. The number of imide groups is 1. The molecule has 3 aliphatic carbocycles. The maximum atomic E-state index is 12.1. The minimum Gasteiger partial charge on any atom is -0.296 e. The molecule has 1 saturated heterocycles. The fraction of sp³-hybridized carbons (Fsp3) is 0.375. The van der Waals surface area contributed by atoms with E-state index in [1.807, 2.05) is 12.1 Å². The predicted molar refractivity (Wildman–Crippen MR) is 70.4 cm³/mol. The molecule has 0 saturated carbocycles. The summed E-state index contributed by atoms with van der Waals surface area (Å²) in [6.45, 7) is 4.21. The van der Waals surface area contributed by atoms with Gasteiger partial charge in [-0.25, -0.2) is 0 Å². The normalized spacial score (nSPS) is 35.3. The summed E-state index contributed by atoms with van der Waals surface area (Å²) in [6.07, 6.45) is 0. The first-order valence-electron chi connectivity index (χ1n) is 6.72. The molecule has 0 aromatic heterocycles. The number of benzene rings is 1. The summed E-state index contributed by atoms with van der Waals surface area (Å²) in [4.78, 5) is 24.2. The first-order valence-corrected chi connectivity index (χ1v) is 6.72. The monoisotopic (exact) mass is 253 g/mol. The summed E-state index contributed by atoms with van der Waals surface area (Å²) in [5.41, 5.74) is 5.02. The molecule has 1 heterocycles. The van der Waals surface area contributed by atoms with Gasteiger partial charge in [0.05, 0.1) is 11.8 Å². The highest BCUT2D eigenvalue weighted by Gasteiger charge is 2.57. The number of allylic oxidation sites excluding steroid dienone is 2. The molecule has 1 aliphatic heterocycles. The van der Waals surface area contributed by atoms with E-state index in [1.165, 1.54) is 22.3 Å². The second-order valence-electron chi connectivity index (χ2n) is 5.86. The van der Waals surface area contributed by atoms with E-state index in [0.29, 0.717) is 0 Å². The van der Waals surface area contributed by atoms with Crippen LogP contribution < -0.4 is 5.32 Å². The van der Waals surface area contributed by atoms with E-state index >= 15 is 0 Å². The van der Waals surface area contributed by atoms with Crippen LogP contribution in [0.2, 0.25) is 0 Å². The highest BCUT2D eigenvalue weighted by molar-refractivity contribution is 6.07. The van der Waals surface area contributed by atoms with Crippen molar-refractivity contribution in [3.05, 3.63) is 46.5 Å². The topological polar surface area (TPSA) is 46.2 Å². The quantitative estimate of drug-likeness (QED) is 0.568. The Labute approximate surface area is 111 Å². The minimum absolute atomic E-state index is 0.0812. The van der Waals surface area contributed by atoms with E-state index in [2.05, 4.69) is 31.3 Å². The van der Waals surface area contributed by atoms with Crippen molar-refractivity contribution in [3.63, 3.8) is 0 Å². The van der Waals surface area contributed by atoms with Crippen LogP contribution in [0, 0.1) is 11.8 Å². The summed E-state index contributed by atoms with van der Waals surface area (Å²) in [5, 5.41) is 2.53. The van der Waals surface area contributed by atoms with Crippen LogP contribution in [-0.2, 0) is 9.59 Å². The van der Waals surface area contributed by atoms with Gasteiger partial charge in [0.1, 0.15) is 0 Å². The lowest BCUT2D eigenvalue weighted by molar-refractivity contribution is -0.126. The standard InChI is InChI=1S/C16H15NO2/c1-7-8(2)12-10-6-4-3-5-9(10)11(7)13-14(12)16(19)17-15(13)18/h3-6,11-14H,1-2H3,(H,17,18,19)/t11-,12+,13-,14+. The third-order valence-corrected chi connectivity index (χ3v) is 5.18. The van der Waals surface area contributed by atoms with Crippen LogP contribution in [0.15, 0.2) is 35.4 Å². The highest BCUT2D eigenvalue weighted by Crippen LogP contribution is 2.59. The van der Waals surface area contributed by atoms with Crippen molar-refractivity contribution >= 4 is 11.8 Å². The van der Waals surface area contributed by atoms with Crippen molar-refractivity contribution in [2.75, 3.05) is 0 Å². The van der Waals surface area contributed by atoms with Crippen LogP contribution in [0.3, 0.4) is 0 Å². The average molecular weight is 253 g/mol. The third-order valence-electron chi connectivity index (χ3n) is 5.18. The summed E-state index contributed by atoms with van der Waals surface area (Å²) in [6, 6.07) is 8.25. The fourth-order valence-corrected chi connectivity index (χ4v) is 4.29. The Hall–Kier alpha value is -1.90. The molecular weight excluding hydrogens is 238 g/mol. The molecule has 1 aromatic rings. The van der Waals surface area contributed by atoms with Crippen molar-refractivity contribution in [3.8, 4) is 0 Å². The third kappa shape index (κ3) is 1.14. The van der Waals surface area contributed by atoms with E-state index in [0.717, 1.165) is 0 Å². The molecule has 5 rings (SSSR count). The van der Waals surface area contributed by atoms with Gasteiger partial charge < -0.3 is 0 Å². The maximum Gasteiger partial charge on any atom is 0.231 e. The molecule has 0 unspecified atom stereocenters. The Kier molecular flexibility index (Phi) is 1.93. The SMILES string of the molecule is CC1=C(C)[C@H]2c3ccccc3[C@@H]1[C@H]1C(=O)NC(=O)[C@H]12. The molecule has 0 radical (unpaired) electrons. The molecule has 1 aromatic carbocycles. The summed E-state index contributed by atoms with van der Waals surface area (Å²) in [7, 11) is 0. The van der Waals surface area contributed by atoms with E-state index in [1.54, 1.807) is 0 Å². The molecular formula is C16H15NO2. The van der Waals surface area contributed by atoms with Crippen LogP contribution >= 0.6 is 0 Å². The fourth-order valence-electron chi connectivity index (χ4n) is 4.29. The van der Waals surface area contributed by atoms with Crippen molar-refractivity contribution in [1.82, 2.24) is 5.32 Å². The van der Waals surface area contributed by atoms with E-state index in [-0.39, 0.29) is 35.5 Å². The molecule has 2 bridgehead atoms. The van der Waals surface area contributed by atoms with Gasteiger partial charge in [0.25, 0.3) is 0 Å². The van der Waals surface area contributed by atoms with Gasteiger partial charge in [-0.3, -0.25) is 14.9 Å². The van der Waals surface area contributed by atoms with Gasteiger partial charge in [0.2, 0.25) is 11.8 Å². The van der Waals surface area contributed by atoms with Gasteiger partial charge in [0, 0.05) is 11.8 Å². The molecule has 1 N–H and O–H groups in total. The van der Waals surface area contributed by atoms with E-state index in [4.69, 9.17) is 0 Å². The zero-order valence-electron chi connectivity index (χ0n) is 10.9. The van der Waals surface area contributed by atoms with Gasteiger partial charge in [-0.1, -0.05) is 35.4 Å². The van der Waals surface area contributed by atoms with Crippen LogP contribution in [0.5, 0.6) is 0 Å². The minimum atomic E-state index is -0.198. The lowest BCUT2D eigenvalue weighted by Gasteiger charge is -2.46. The highest BCUT2D eigenvalue weighted by atomic mass is 16.2. The van der Waals surface area contributed by atoms with Crippen molar-refractivity contribution in [1.29, 1.82) is 0 Å². The first kappa shape index (κ1) is 11.0. The molecule has 4 atom stereocenters. The predicted octanol–water partition coefficient (Wildman–Crippen LogP) is 2.11. The molecule has 4 aliphatic rings. The van der Waals surface area contributed by atoms with Crippen molar-refractivity contribution in [2.24, 2.45) is 11.8 Å². The van der Waals surface area contributed by atoms with Crippen LogP contribution in [-0.4, -0.2) is 11.8 Å². The number of amides is 2. The number of nitrogens with one attached hydrogen (secondary N) is 1. The average Bonchev–Trinajstić information content (AvgIpc) is 2.70. The van der Waals surface area contributed by atoms with Crippen molar-refractivity contribution in [2.45, 2.75) is 25.7 Å². The maximum absolute atomic E-state index is 12.1. The molecule has 96 valence electrons. The molecule has 19 heavy (non-hydrogen) atoms. The smallest absolute Gasteiger partial charge is 0.231 e. The van der Waals surface area contributed by atoms with Crippen LogP contribution in [0.4, 0.5) is 0 Å². The largest absolute Gasteiger partial charge is 0.296 e. The summed E-state index contributed by atoms with van der Waals surface area (Å²) >= 11 is 0. The summed E-state index contributed by atoms with van der Waals surface area (Å²) in [5.74, 6) is -0.416. The van der Waals surface area contributed by atoms with E-state index < -0.39 is 0 Å². The lowest BCUT2D eigenvalue weighted by atomic mass is 9.55. The number of carbonyl (C=O) groups excluding carboxylic acids is 2. The zero-order valence-corrected chi connectivity index (χ0v) is 10.9. The number of hydrogen-bond donors (Lipinski definition) is 1. The molecule has 0 spiro atoms. The van der Waals surface area contributed by atoms with Gasteiger partial charge in [0.15, 0.2) is 0 Å². The van der Waals surface area contributed by atoms with Gasteiger partial charge in [-0.2, -0.15) is 0 Å².